The minimum atomic E-state index is -0.662. The van der Waals surface area contributed by atoms with Gasteiger partial charge in [0, 0.05) is 18.1 Å². The van der Waals surface area contributed by atoms with Crippen molar-refractivity contribution < 1.29 is 9.53 Å². The summed E-state index contributed by atoms with van der Waals surface area (Å²) in [4.78, 5) is 12.5. The lowest BCUT2D eigenvalue weighted by molar-refractivity contribution is -0.142. The smallest absolute Gasteiger partial charge is 0.240 e. The zero-order chi connectivity index (χ0) is 15.0. The summed E-state index contributed by atoms with van der Waals surface area (Å²) in [7, 11) is 0. The van der Waals surface area contributed by atoms with Crippen LogP contribution >= 0.6 is 0 Å². The molecule has 0 aromatic heterocycles. The molecule has 0 aliphatic heterocycles. The monoisotopic (exact) mass is 282 g/mol. The molecule has 4 heteroatoms. The summed E-state index contributed by atoms with van der Waals surface area (Å²) in [6.07, 6.45) is 5.01. The molecule has 2 aliphatic rings. The van der Waals surface area contributed by atoms with Gasteiger partial charge in [-0.3, -0.25) is 4.79 Å². The van der Waals surface area contributed by atoms with E-state index in [9.17, 15) is 4.79 Å². The Balaban J connectivity index is 1.92. The van der Waals surface area contributed by atoms with E-state index in [0.29, 0.717) is 5.92 Å². The van der Waals surface area contributed by atoms with Crippen molar-refractivity contribution in [1.29, 1.82) is 0 Å². The molecule has 0 saturated heterocycles. The van der Waals surface area contributed by atoms with Gasteiger partial charge in [-0.1, -0.05) is 33.6 Å². The molecule has 20 heavy (non-hydrogen) atoms. The molecule has 0 aromatic rings. The van der Waals surface area contributed by atoms with Gasteiger partial charge in [0.15, 0.2) is 0 Å². The Hall–Kier alpha value is -0.610. The fourth-order valence-electron chi connectivity index (χ4n) is 3.71. The van der Waals surface area contributed by atoms with Gasteiger partial charge in [-0.2, -0.15) is 0 Å². The lowest BCUT2D eigenvalue weighted by Crippen LogP contribution is -2.66. The molecule has 2 aliphatic carbocycles. The van der Waals surface area contributed by atoms with Crippen molar-refractivity contribution in [2.45, 2.75) is 77.5 Å². The average molecular weight is 282 g/mol. The molecule has 0 spiro atoms. The van der Waals surface area contributed by atoms with Crippen molar-refractivity contribution in [2.75, 3.05) is 6.61 Å². The normalized spacial score (nSPS) is 40.0. The Bertz CT molecular complexity index is 369. The second kappa shape index (κ2) is 5.64. The molecule has 1 amide bonds. The third-order valence-electron chi connectivity index (χ3n) is 5.34. The van der Waals surface area contributed by atoms with E-state index in [4.69, 9.17) is 10.5 Å². The highest BCUT2D eigenvalue weighted by Crippen LogP contribution is 2.43. The Morgan fingerprint density at radius 1 is 1.45 bits per heavy atom. The summed E-state index contributed by atoms with van der Waals surface area (Å²) in [6.45, 7) is 9.25. The van der Waals surface area contributed by atoms with Crippen molar-refractivity contribution in [2.24, 2.45) is 17.1 Å². The lowest BCUT2D eigenvalue weighted by Gasteiger charge is -2.52. The summed E-state index contributed by atoms with van der Waals surface area (Å²) in [5.74, 6) is 0.585. The van der Waals surface area contributed by atoms with E-state index < -0.39 is 5.54 Å². The molecule has 2 fully saturated rings. The molecule has 2 rings (SSSR count). The van der Waals surface area contributed by atoms with Crippen LogP contribution in [-0.4, -0.2) is 30.2 Å². The largest absolute Gasteiger partial charge is 0.378 e. The molecule has 4 nitrogen and oxygen atoms in total. The topological polar surface area (TPSA) is 64.3 Å². The summed E-state index contributed by atoms with van der Waals surface area (Å²) < 4.78 is 5.71. The van der Waals surface area contributed by atoms with E-state index in [0.717, 1.165) is 32.3 Å². The van der Waals surface area contributed by atoms with Crippen molar-refractivity contribution in [3.63, 3.8) is 0 Å². The van der Waals surface area contributed by atoms with E-state index in [1.165, 1.54) is 6.42 Å². The Labute approximate surface area is 122 Å². The van der Waals surface area contributed by atoms with Crippen molar-refractivity contribution in [1.82, 2.24) is 5.32 Å². The van der Waals surface area contributed by atoms with E-state index >= 15 is 0 Å². The van der Waals surface area contributed by atoms with Gasteiger partial charge in [-0.25, -0.2) is 0 Å². The van der Waals surface area contributed by atoms with E-state index in [1.807, 2.05) is 6.92 Å². The highest BCUT2D eigenvalue weighted by atomic mass is 16.5. The molecule has 0 bridgehead atoms. The maximum atomic E-state index is 12.5. The minimum Gasteiger partial charge on any atom is -0.378 e. The maximum Gasteiger partial charge on any atom is 0.240 e. The first kappa shape index (κ1) is 15.8. The molecular formula is C16H30N2O2. The third kappa shape index (κ3) is 2.86. The second-order valence-corrected chi connectivity index (χ2v) is 7.38. The Kier molecular flexibility index (Phi) is 4.45. The number of hydrogen-bond acceptors (Lipinski definition) is 3. The first-order valence-electron chi connectivity index (χ1n) is 8.01. The summed E-state index contributed by atoms with van der Waals surface area (Å²) >= 11 is 0. The first-order valence-corrected chi connectivity index (χ1v) is 8.01. The van der Waals surface area contributed by atoms with Crippen molar-refractivity contribution >= 4 is 5.91 Å². The Morgan fingerprint density at radius 2 is 2.15 bits per heavy atom. The zero-order valence-corrected chi connectivity index (χ0v) is 13.4. The first-order chi connectivity index (χ1) is 9.29. The van der Waals surface area contributed by atoms with Crippen LogP contribution in [0.2, 0.25) is 0 Å². The molecule has 0 radical (unpaired) electrons. The molecule has 116 valence electrons. The molecule has 2 saturated carbocycles. The summed E-state index contributed by atoms with van der Waals surface area (Å²) in [6, 6.07) is 0.184. The van der Waals surface area contributed by atoms with Crippen LogP contribution < -0.4 is 11.1 Å². The predicted octanol–water partition coefficient (Wildman–Crippen LogP) is 2.21. The fourth-order valence-corrected chi connectivity index (χ4v) is 3.71. The predicted molar refractivity (Wildman–Crippen MR) is 80.3 cm³/mol. The van der Waals surface area contributed by atoms with Crippen LogP contribution in [0.3, 0.4) is 0 Å². The lowest BCUT2D eigenvalue weighted by atomic mass is 9.64. The summed E-state index contributed by atoms with van der Waals surface area (Å²) in [5.41, 5.74) is 5.70. The van der Waals surface area contributed by atoms with E-state index in [1.54, 1.807) is 0 Å². The van der Waals surface area contributed by atoms with Crippen LogP contribution in [0.1, 0.15) is 59.8 Å². The fraction of sp³-hybridized carbons (Fsp3) is 0.938. The number of carbonyl (C=O) groups excluding carboxylic acids is 1. The van der Waals surface area contributed by atoms with Gasteiger partial charge in [-0.15, -0.1) is 0 Å². The van der Waals surface area contributed by atoms with Gasteiger partial charge >= 0.3 is 0 Å². The number of nitrogens with two attached hydrogens (primary N) is 1. The molecular weight excluding hydrogens is 252 g/mol. The van der Waals surface area contributed by atoms with E-state index in [-0.39, 0.29) is 23.5 Å². The standard InChI is InChI=1S/C16H30N2O2/c1-5-20-13-9-12(15(13,3)4)18-14(19)16(17)8-6-7-11(2)10-16/h11-13H,5-10,17H2,1-4H3,(H,18,19). The number of hydrogen-bond donors (Lipinski definition) is 2. The van der Waals surface area contributed by atoms with Gasteiger partial charge in [0.1, 0.15) is 0 Å². The number of amides is 1. The number of nitrogens with one attached hydrogen (secondary N) is 1. The third-order valence-corrected chi connectivity index (χ3v) is 5.34. The number of rotatable bonds is 4. The van der Waals surface area contributed by atoms with Crippen molar-refractivity contribution in [3.05, 3.63) is 0 Å². The molecule has 0 aromatic carbocycles. The van der Waals surface area contributed by atoms with Gasteiger partial charge in [-0.05, 0) is 32.1 Å². The van der Waals surface area contributed by atoms with Crippen LogP contribution in [0.4, 0.5) is 0 Å². The van der Waals surface area contributed by atoms with Gasteiger partial charge < -0.3 is 15.8 Å². The van der Waals surface area contributed by atoms with Gasteiger partial charge in [0.2, 0.25) is 5.91 Å². The van der Waals surface area contributed by atoms with Crippen LogP contribution in [0.5, 0.6) is 0 Å². The average Bonchev–Trinajstić information content (AvgIpc) is 2.37. The van der Waals surface area contributed by atoms with Gasteiger partial charge in [0.25, 0.3) is 0 Å². The minimum absolute atomic E-state index is 0.00229. The zero-order valence-electron chi connectivity index (χ0n) is 13.4. The van der Waals surface area contributed by atoms with Crippen LogP contribution in [0.15, 0.2) is 0 Å². The number of carbonyl (C=O) groups is 1. The molecule has 3 N–H and O–H groups in total. The number of ether oxygens (including phenoxy) is 1. The highest BCUT2D eigenvalue weighted by molar-refractivity contribution is 5.86. The Morgan fingerprint density at radius 3 is 2.70 bits per heavy atom. The SMILES string of the molecule is CCOC1CC(NC(=O)C2(N)CCCC(C)C2)C1(C)C. The molecule has 0 heterocycles. The quantitative estimate of drug-likeness (QED) is 0.831. The van der Waals surface area contributed by atoms with Crippen LogP contribution in [0, 0.1) is 11.3 Å². The van der Waals surface area contributed by atoms with Gasteiger partial charge in [0.05, 0.1) is 11.6 Å². The molecule has 4 unspecified atom stereocenters. The van der Waals surface area contributed by atoms with Crippen LogP contribution in [-0.2, 0) is 9.53 Å². The summed E-state index contributed by atoms with van der Waals surface area (Å²) in [5, 5.41) is 3.18. The molecule has 4 atom stereocenters. The van der Waals surface area contributed by atoms with Crippen molar-refractivity contribution in [3.8, 4) is 0 Å². The highest BCUT2D eigenvalue weighted by Gasteiger charge is 2.51. The second-order valence-electron chi connectivity index (χ2n) is 7.38. The van der Waals surface area contributed by atoms with Crippen LogP contribution in [0.25, 0.3) is 0 Å². The van der Waals surface area contributed by atoms with E-state index in [2.05, 4.69) is 26.1 Å². The maximum absolute atomic E-state index is 12.5.